The smallest absolute Gasteiger partial charge is 0.276 e. The zero-order valence-electron chi connectivity index (χ0n) is 10.1. The summed E-state index contributed by atoms with van der Waals surface area (Å²) in [5.41, 5.74) is 8.07. The van der Waals surface area contributed by atoms with Crippen LogP contribution in [0.15, 0.2) is 24.3 Å². The lowest BCUT2D eigenvalue weighted by atomic mass is 10.2. The van der Waals surface area contributed by atoms with Crippen molar-refractivity contribution in [3.8, 4) is 0 Å². The third kappa shape index (κ3) is 2.33. The van der Waals surface area contributed by atoms with Gasteiger partial charge in [0.2, 0.25) is 0 Å². The Labute approximate surface area is 119 Å². The normalized spacial score (nSPS) is 10.4. The average molecular weight is 356 g/mol. The number of hydrogen-bond donors (Lipinski definition) is 2. The lowest BCUT2D eigenvalue weighted by molar-refractivity contribution is 0.101. The van der Waals surface area contributed by atoms with Gasteiger partial charge in [0, 0.05) is 10.6 Å². The molecule has 1 heterocycles. The van der Waals surface area contributed by atoms with E-state index in [1.165, 1.54) is 4.68 Å². The maximum atomic E-state index is 12.2. The number of rotatable bonds is 2. The highest BCUT2D eigenvalue weighted by atomic mass is 127. The molecule has 0 aliphatic carbocycles. The molecule has 0 atom stereocenters. The Kier molecular flexibility index (Phi) is 3.55. The minimum atomic E-state index is -0.250. The highest BCUT2D eigenvalue weighted by molar-refractivity contribution is 14.1. The van der Waals surface area contributed by atoms with E-state index in [0.29, 0.717) is 17.1 Å². The SMILES string of the molecule is Cc1nn(C)c(C(=O)Nc2ccccc2I)c1N. The molecule has 6 heteroatoms. The molecule has 0 aliphatic heterocycles. The van der Waals surface area contributed by atoms with Crippen molar-refractivity contribution in [2.75, 3.05) is 11.1 Å². The van der Waals surface area contributed by atoms with Gasteiger partial charge in [-0.1, -0.05) is 12.1 Å². The number of aromatic nitrogens is 2. The molecule has 2 aromatic rings. The van der Waals surface area contributed by atoms with Gasteiger partial charge in [-0.2, -0.15) is 5.10 Å². The number of carbonyl (C=O) groups is 1. The van der Waals surface area contributed by atoms with Crippen LogP contribution in [-0.2, 0) is 7.05 Å². The summed E-state index contributed by atoms with van der Waals surface area (Å²) in [5.74, 6) is -0.250. The molecule has 3 N–H and O–H groups in total. The van der Waals surface area contributed by atoms with Gasteiger partial charge in [0.25, 0.3) is 5.91 Å². The van der Waals surface area contributed by atoms with Gasteiger partial charge in [-0.15, -0.1) is 0 Å². The van der Waals surface area contributed by atoms with Gasteiger partial charge in [0.15, 0.2) is 0 Å². The van der Waals surface area contributed by atoms with Crippen molar-refractivity contribution in [2.24, 2.45) is 7.05 Å². The summed E-state index contributed by atoms with van der Waals surface area (Å²) in [6.07, 6.45) is 0. The third-order valence-corrected chi connectivity index (χ3v) is 3.55. The number of amides is 1. The van der Waals surface area contributed by atoms with E-state index in [-0.39, 0.29) is 5.91 Å². The molecular formula is C12H13IN4O. The monoisotopic (exact) mass is 356 g/mol. The lowest BCUT2D eigenvalue weighted by Gasteiger charge is -2.07. The first kappa shape index (κ1) is 12.9. The van der Waals surface area contributed by atoms with Crippen molar-refractivity contribution in [3.63, 3.8) is 0 Å². The summed E-state index contributed by atoms with van der Waals surface area (Å²) < 4.78 is 2.47. The Balaban J connectivity index is 2.31. The van der Waals surface area contributed by atoms with Crippen LogP contribution in [0.1, 0.15) is 16.2 Å². The number of nitrogen functional groups attached to an aromatic ring is 1. The van der Waals surface area contributed by atoms with Gasteiger partial charge in [-0.05, 0) is 41.6 Å². The molecule has 0 spiro atoms. The van der Waals surface area contributed by atoms with E-state index in [1.807, 2.05) is 24.3 Å². The Bertz CT molecular complexity index is 606. The number of benzene rings is 1. The first-order valence-corrected chi connectivity index (χ1v) is 6.43. The molecule has 0 fully saturated rings. The number of nitrogens with two attached hydrogens (primary N) is 1. The van der Waals surface area contributed by atoms with Gasteiger partial charge in [0.05, 0.1) is 17.1 Å². The van der Waals surface area contributed by atoms with Gasteiger partial charge < -0.3 is 11.1 Å². The molecule has 0 radical (unpaired) electrons. The minimum absolute atomic E-state index is 0.250. The number of hydrogen-bond acceptors (Lipinski definition) is 3. The summed E-state index contributed by atoms with van der Waals surface area (Å²) in [6, 6.07) is 7.56. The third-order valence-electron chi connectivity index (χ3n) is 2.61. The Morgan fingerprint density at radius 2 is 2.11 bits per heavy atom. The van der Waals surface area contributed by atoms with Crippen molar-refractivity contribution in [3.05, 3.63) is 39.2 Å². The Hall–Kier alpha value is -1.57. The second-order valence-corrected chi connectivity index (χ2v) is 5.07. The standard InChI is InChI=1S/C12H13IN4O/c1-7-10(14)11(17(2)16-7)12(18)15-9-6-4-3-5-8(9)13/h3-6H,14H2,1-2H3,(H,15,18). The molecule has 2 rings (SSSR count). The number of nitrogens with zero attached hydrogens (tertiary/aromatic N) is 2. The Morgan fingerprint density at radius 3 is 2.67 bits per heavy atom. The first-order chi connectivity index (χ1) is 8.50. The number of aryl methyl sites for hydroxylation is 2. The van der Waals surface area contributed by atoms with Crippen LogP contribution < -0.4 is 11.1 Å². The van der Waals surface area contributed by atoms with Crippen molar-refractivity contribution in [2.45, 2.75) is 6.92 Å². The largest absolute Gasteiger partial charge is 0.395 e. The summed E-state index contributed by atoms with van der Waals surface area (Å²) in [6.45, 7) is 1.78. The van der Waals surface area contributed by atoms with Crippen LogP contribution in [-0.4, -0.2) is 15.7 Å². The fourth-order valence-corrected chi connectivity index (χ4v) is 2.21. The fourth-order valence-electron chi connectivity index (χ4n) is 1.69. The highest BCUT2D eigenvalue weighted by Gasteiger charge is 2.18. The van der Waals surface area contributed by atoms with E-state index in [4.69, 9.17) is 5.73 Å². The second kappa shape index (κ2) is 4.97. The molecule has 0 saturated heterocycles. The Morgan fingerprint density at radius 1 is 1.44 bits per heavy atom. The van der Waals surface area contributed by atoms with E-state index in [1.54, 1.807) is 14.0 Å². The molecule has 1 amide bonds. The molecular weight excluding hydrogens is 343 g/mol. The van der Waals surface area contributed by atoms with Crippen molar-refractivity contribution >= 4 is 39.9 Å². The van der Waals surface area contributed by atoms with Crippen LogP contribution >= 0.6 is 22.6 Å². The molecule has 0 bridgehead atoms. The number of nitrogens with one attached hydrogen (secondary N) is 1. The van der Waals surface area contributed by atoms with Crippen LogP contribution in [0.5, 0.6) is 0 Å². The average Bonchev–Trinajstić information content (AvgIpc) is 2.56. The maximum Gasteiger partial charge on any atom is 0.276 e. The topological polar surface area (TPSA) is 72.9 Å². The first-order valence-electron chi connectivity index (χ1n) is 5.35. The van der Waals surface area contributed by atoms with Gasteiger partial charge >= 0.3 is 0 Å². The number of para-hydroxylation sites is 1. The molecule has 94 valence electrons. The van der Waals surface area contributed by atoms with E-state index < -0.39 is 0 Å². The predicted octanol–water partition coefficient (Wildman–Crippen LogP) is 2.17. The van der Waals surface area contributed by atoms with Gasteiger partial charge in [-0.25, -0.2) is 0 Å². The van der Waals surface area contributed by atoms with Gasteiger partial charge in [-0.3, -0.25) is 9.48 Å². The van der Waals surface area contributed by atoms with E-state index >= 15 is 0 Å². The highest BCUT2D eigenvalue weighted by Crippen LogP contribution is 2.20. The number of halogens is 1. The maximum absolute atomic E-state index is 12.2. The number of carbonyl (C=O) groups excluding carboxylic acids is 1. The van der Waals surface area contributed by atoms with E-state index in [9.17, 15) is 4.79 Å². The van der Waals surface area contributed by atoms with Gasteiger partial charge in [0.1, 0.15) is 5.69 Å². The molecule has 1 aromatic heterocycles. The van der Waals surface area contributed by atoms with Crippen molar-refractivity contribution in [1.82, 2.24) is 9.78 Å². The quantitative estimate of drug-likeness (QED) is 0.810. The van der Waals surface area contributed by atoms with Crippen LogP contribution in [0.25, 0.3) is 0 Å². The molecule has 5 nitrogen and oxygen atoms in total. The fraction of sp³-hybridized carbons (Fsp3) is 0.167. The summed E-state index contributed by atoms with van der Waals surface area (Å²) >= 11 is 2.17. The molecule has 0 unspecified atom stereocenters. The van der Waals surface area contributed by atoms with Crippen molar-refractivity contribution < 1.29 is 4.79 Å². The van der Waals surface area contributed by atoms with E-state index in [0.717, 1.165) is 9.26 Å². The number of anilines is 2. The van der Waals surface area contributed by atoms with Crippen LogP contribution in [0.2, 0.25) is 0 Å². The summed E-state index contributed by atoms with van der Waals surface area (Å²) in [5, 5.41) is 6.96. The lowest BCUT2D eigenvalue weighted by Crippen LogP contribution is -2.18. The van der Waals surface area contributed by atoms with Crippen molar-refractivity contribution in [1.29, 1.82) is 0 Å². The summed E-state index contributed by atoms with van der Waals surface area (Å²) in [7, 11) is 1.70. The van der Waals surface area contributed by atoms with Crippen LogP contribution in [0.3, 0.4) is 0 Å². The zero-order chi connectivity index (χ0) is 13.3. The zero-order valence-corrected chi connectivity index (χ0v) is 12.2. The molecule has 0 saturated carbocycles. The summed E-state index contributed by atoms with van der Waals surface area (Å²) in [4.78, 5) is 12.2. The van der Waals surface area contributed by atoms with E-state index in [2.05, 4.69) is 33.0 Å². The molecule has 18 heavy (non-hydrogen) atoms. The van der Waals surface area contributed by atoms with Crippen LogP contribution in [0, 0.1) is 10.5 Å². The molecule has 0 aliphatic rings. The molecule has 1 aromatic carbocycles. The van der Waals surface area contributed by atoms with Crippen LogP contribution in [0.4, 0.5) is 11.4 Å². The minimum Gasteiger partial charge on any atom is -0.395 e. The predicted molar refractivity (Wildman–Crippen MR) is 79.5 cm³/mol. The second-order valence-electron chi connectivity index (χ2n) is 3.91.